The lowest BCUT2D eigenvalue weighted by atomic mass is 10.2. The van der Waals surface area contributed by atoms with Crippen LogP contribution in [0.2, 0.25) is 0 Å². The van der Waals surface area contributed by atoms with Crippen molar-refractivity contribution in [2.75, 3.05) is 7.11 Å². The van der Waals surface area contributed by atoms with Gasteiger partial charge < -0.3 is 9.47 Å². The van der Waals surface area contributed by atoms with Gasteiger partial charge in [0, 0.05) is 0 Å². The van der Waals surface area contributed by atoms with Crippen LogP contribution in [0.25, 0.3) is 0 Å². The molecule has 0 aliphatic rings. The van der Waals surface area contributed by atoms with Crippen molar-refractivity contribution in [3.05, 3.63) is 35.9 Å². The van der Waals surface area contributed by atoms with Crippen LogP contribution in [0.5, 0.6) is 0 Å². The number of ether oxygens (including phenoxy) is 2. The van der Waals surface area contributed by atoms with E-state index in [1.807, 2.05) is 6.07 Å². The second kappa shape index (κ2) is 7.07. The molecule has 1 atom stereocenters. The first kappa shape index (κ1) is 13.7. The van der Waals surface area contributed by atoms with Crippen LogP contribution >= 0.6 is 0 Å². The van der Waals surface area contributed by atoms with Crippen molar-refractivity contribution in [3.63, 3.8) is 0 Å². The Morgan fingerprint density at radius 1 is 1.33 bits per heavy atom. The number of esters is 2. The van der Waals surface area contributed by atoms with Crippen LogP contribution in [0.4, 0.5) is 0 Å². The minimum Gasteiger partial charge on any atom is -0.469 e. The van der Waals surface area contributed by atoms with E-state index in [9.17, 15) is 9.59 Å². The summed E-state index contributed by atoms with van der Waals surface area (Å²) in [5, 5.41) is 8.61. The predicted molar refractivity (Wildman–Crippen MR) is 62.5 cm³/mol. The first-order chi connectivity index (χ1) is 8.67. The zero-order valence-corrected chi connectivity index (χ0v) is 9.96. The lowest BCUT2D eigenvalue weighted by Crippen LogP contribution is -2.22. The zero-order valence-electron chi connectivity index (χ0n) is 9.96. The minimum atomic E-state index is -0.782. The van der Waals surface area contributed by atoms with Gasteiger partial charge in [0.1, 0.15) is 6.10 Å². The van der Waals surface area contributed by atoms with Crippen LogP contribution in [0, 0.1) is 11.3 Å². The van der Waals surface area contributed by atoms with E-state index in [1.165, 1.54) is 7.11 Å². The van der Waals surface area contributed by atoms with Gasteiger partial charge in [0.15, 0.2) is 0 Å². The molecule has 0 aliphatic carbocycles. The highest BCUT2D eigenvalue weighted by molar-refractivity contribution is 5.89. The van der Waals surface area contributed by atoms with Gasteiger partial charge >= 0.3 is 11.9 Å². The Balaban J connectivity index is 2.64. The van der Waals surface area contributed by atoms with Gasteiger partial charge in [-0.25, -0.2) is 4.79 Å². The summed E-state index contributed by atoms with van der Waals surface area (Å²) in [7, 11) is 1.24. The summed E-state index contributed by atoms with van der Waals surface area (Å²) in [6.45, 7) is 0. The van der Waals surface area contributed by atoms with Gasteiger partial charge in [-0.1, -0.05) is 18.2 Å². The molecule has 0 bridgehead atoms. The van der Waals surface area contributed by atoms with Gasteiger partial charge in [-0.3, -0.25) is 4.79 Å². The number of carbonyl (C=O) groups is 2. The molecule has 0 saturated heterocycles. The number of hydrogen-bond donors (Lipinski definition) is 0. The van der Waals surface area contributed by atoms with Crippen molar-refractivity contribution in [2.45, 2.75) is 18.9 Å². The van der Waals surface area contributed by atoms with Gasteiger partial charge in [0.2, 0.25) is 0 Å². The zero-order chi connectivity index (χ0) is 13.4. The third kappa shape index (κ3) is 4.26. The van der Waals surface area contributed by atoms with Gasteiger partial charge in [0.05, 0.1) is 31.6 Å². The topological polar surface area (TPSA) is 76.4 Å². The molecule has 5 nitrogen and oxygen atoms in total. The largest absolute Gasteiger partial charge is 0.469 e. The number of carbonyl (C=O) groups excluding carboxylic acids is 2. The fourth-order valence-corrected chi connectivity index (χ4v) is 1.32. The van der Waals surface area contributed by atoms with Gasteiger partial charge in [0.25, 0.3) is 0 Å². The summed E-state index contributed by atoms with van der Waals surface area (Å²) >= 11 is 0. The van der Waals surface area contributed by atoms with Gasteiger partial charge in [-0.05, 0) is 12.1 Å². The first-order valence-corrected chi connectivity index (χ1v) is 5.37. The summed E-state index contributed by atoms with van der Waals surface area (Å²) in [6.07, 6.45) is -0.953. The number of benzene rings is 1. The lowest BCUT2D eigenvalue weighted by Gasteiger charge is -2.13. The van der Waals surface area contributed by atoms with E-state index in [0.29, 0.717) is 5.56 Å². The van der Waals surface area contributed by atoms with E-state index in [0.717, 1.165) is 0 Å². The Bertz CT molecular complexity index is 450. The minimum absolute atomic E-state index is 0.0479. The second-order valence-corrected chi connectivity index (χ2v) is 3.54. The average Bonchev–Trinajstić information content (AvgIpc) is 2.39. The summed E-state index contributed by atoms with van der Waals surface area (Å²) in [5.74, 6) is -1.07. The highest BCUT2D eigenvalue weighted by Gasteiger charge is 2.19. The Hall–Kier alpha value is -2.35. The molecule has 0 N–H and O–H groups in total. The molecule has 0 saturated carbocycles. The molecule has 5 heteroatoms. The van der Waals surface area contributed by atoms with E-state index < -0.39 is 18.0 Å². The molecule has 0 aromatic heterocycles. The maximum Gasteiger partial charge on any atom is 0.338 e. The van der Waals surface area contributed by atoms with Gasteiger partial charge in [-0.2, -0.15) is 5.26 Å². The third-order valence-corrected chi connectivity index (χ3v) is 2.22. The summed E-state index contributed by atoms with van der Waals surface area (Å²) in [5.41, 5.74) is 0.380. The predicted octanol–water partition coefficient (Wildman–Crippen LogP) is 1.69. The molecule has 18 heavy (non-hydrogen) atoms. The number of methoxy groups -OCH3 is 1. The second-order valence-electron chi connectivity index (χ2n) is 3.54. The molecule has 0 radical (unpaired) electrons. The highest BCUT2D eigenvalue weighted by atomic mass is 16.6. The quantitative estimate of drug-likeness (QED) is 0.740. The maximum atomic E-state index is 11.7. The van der Waals surface area contributed by atoms with Crippen LogP contribution in [0.3, 0.4) is 0 Å². The van der Waals surface area contributed by atoms with Crippen LogP contribution in [-0.4, -0.2) is 25.2 Å². The SMILES string of the molecule is COC(=O)C[C@@H](CC#N)OC(=O)c1ccccc1. The summed E-state index contributed by atoms with van der Waals surface area (Å²) in [4.78, 5) is 22.8. The monoisotopic (exact) mass is 247 g/mol. The van der Waals surface area contributed by atoms with Crippen molar-refractivity contribution in [1.29, 1.82) is 5.26 Å². The molecule has 94 valence electrons. The molecule has 1 rings (SSSR count). The average molecular weight is 247 g/mol. The number of rotatable bonds is 5. The molecule has 0 spiro atoms. The highest BCUT2D eigenvalue weighted by Crippen LogP contribution is 2.09. The Kier molecular flexibility index (Phi) is 5.39. The standard InChI is InChI=1S/C13H13NO4/c1-17-12(15)9-11(7-8-14)18-13(16)10-5-3-2-4-6-10/h2-6,11H,7,9H2,1H3/t11-/m1/s1. The van der Waals surface area contributed by atoms with Crippen LogP contribution in [0.1, 0.15) is 23.2 Å². The molecular weight excluding hydrogens is 234 g/mol. The van der Waals surface area contributed by atoms with E-state index >= 15 is 0 Å². The fourth-order valence-electron chi connectivity index (χ4n) is 1.32. The smallest absolute Gasteiger partial charge is 0.338 e. The molecule has 0 unspecified atom stereocenters. The van der Waals surface area contributed by atoms with E-state index in [4.69, 9.17) is 10.00 Å². The van der Waals surface area contributed by atoms with Crippen molar-refractivity contribution in [2.24, 2.45) is 0 Å². The summed E-state index contributed by atoms with van der Waals surface area (Å²) in [6, 6.07) is 10.3. The Morgan fingerprint density at radius 3 is 2.56 bits per heavy atom. The van der Waals surface area contributed by atoms with E-state index in [-0.39, 0.29) is 12.8 Å². The van der Waals surface area contributed by atoms with Crippen molar-refractivity contribution < 1.29 is 19.1 Å². The molecule has 0 amide bonds. The van der Waals surface area contributed by atoms with Crippen molar-refractivity contribution in [3.8, 4) is 6.07 Å². The van der Waals surface area contributed by atoms with Crippen molar-refractivity contribution in [1.82, 2.24) is 0 Å². The third-order valence-electron chi connectivity index (χ3n) is 2.22. The molecule has 1 aromatic carbocycles. The van der Waals surface area contributed by atoms with E-state index in [1.54, 1.807) is 30.3 Å². The maximum absolute atomic E-state index is 11.7. The Morgan fingerprint density at radius 2 is 2.00 bits per heavy atom. The summed E-state index contributed by atoms with van der Waals surface area (Å²) < 4.78 is 9.56. The molecule has 0 aliphatic heterocycles. The van der Waals surface area contributed by atoms with Crippen LogP contribution in [-0.2, 0) is 14.3 Å². The molecule has 1 aromatic rings. The van der Waals surface area contributed by atoms with Crippen LogP contribution in [0.15, 0.2) is 30.3 Å². The molecular formula is C13H13NO4. The Labute approximate surface area is 105 Å². The van der Waals surface area contributed by atoms with E-state index in [2.05, 4.69) is 4.74 Å². The normalized spacial score (nSPS) is 11.1. The number of nitriles is 1. The van der Waals surface area contributed by atoms with Crippen molar-refractivity contribution >= 4 is 11.9 Å². The lowest BCUT2D eigenvalue weighted by molar-refractivity contribution is -0.142. The molecule has 0 fully saturated rings. The number of nitrogens with zero attached hydrogens (tertiary/aromatic N) is 1. The first-order valence-electron chi connectivity index (χ1n) is 5.37. The molecule has 0 heterocycles. The van der Waals surface area contributed by atoms with Gasteiger partial charge in [-0.15, -0.1) is 0 Å². The number of hydrogen-bond acceptors (Lipinski definition) is 5. The fraction of sp³-hybridized carbons (Fsp3) is 0.308. The van der Waals surface area contributed by atoms with Crippen LogP contribution < -0.4 is 0 Å².